The maximum absolute atomic E-state index is 13.8. The summed E-state index contributed by atoms with van der Waals surface area (Å²) >= 11 is 0. The molecule has 8 nitrogen and oxygen atoms in total. The van der Waals surface area contributed by atoms with Gasteiger partial charge in [-0.3, -0.25) is 9.36 Å². The summed E-state index contributed by atoms with van der Waals surface area (Å²) in [6, 6.07) is 7.14. The molecule has 0 saturated heterocycles. The van der Waals surface area contributed by atoms with Crippen LogP contribution >= 0.6 is 0 Å². The first kappa shape index (κ1) is 23.3. The molecular formula is C26H32FN7O. The Labute approximate surface area is 204 Å². The first-order valence-corrected chi connectivity index (χ1v) is 12.1. The molecule has 1 saturated carbocycles. The number of anilines is 1. The van der Waals surface area contributed by atoms with Crippen molar-refractivity contribution in [2.45, 2.75) is 44.4 Å². The molecule has 1 aliphatic carbocycles. The summed E-state index contributed by atoms with van der Waals surface area (Å²) in [5.41, 5.74) is 3.83. The summed E-state index contributed by atoms with van der Waals surface area (Å²) in [4.78, 5) is 6.55. The molecule has 4 aromatic rings. The topological polar surface area (TPSA) is 73.0 Å². The first-order valence-electron chi connectivity index (χ1n) is 12.1. The average Bonchev–Trinajstić information content (AvgIpc) is 3.44. The number of rotatable bonds is 7. The number of fused-ring (bicyclic) bond motifs is 1. The highest BCUT2D eigenvalue weighted by Gasteiger charge is 2.27. The number of aromatic nitrogens is 5. The van der Waals surface area contributed by atoms with Crippen LogP contribution in [0.5, 0.6) is 5.75 Å². The minimum absolute atomic E-state index is 0.103. The molecule has 0 atom stereocenters. The highest BCUT2D eigenvalue weighted by molar-refractivity contribution is 5.93. The number of aryl methyl sites for hydroxylation is 1. The van der Waals surface area contributed by atoms with Gasteiger partial charge in [-0.25, -0.2) is 9.37 Å². The van der Waals surface area contributed by atoms with E-state index in [2.05, 4.69) is 26.1 Å². The molecule has 35 heavy (non-hydrogen) atoms. The van der Waals surface area contributed by atoms with Crippen molar-refractivity contribution in [2.24, 2.45) is 7.05 Å². The van der Waals surface area contributed by atoms with Gasteiger partial charge in [0.2, 0.25) is 0 Å². The normalized spacial score (nSPS) is 18.3. The van der Waals surface area contributed by atoms with Gasteiger partial charge in [-0.1, -0.05) is 0 Å². The smallest absolute Gasteiger partial charge is 0.127 e. The van der Waals surface area contributed by atoms with Crippen LogP contribution in [0.4, 0.5) is 10.2 Å². The van der Waals surface area contributed by atoms with Crippen molar-refractivity contribution in [2.75, 3.05) is 26.5 Å². The molecule has 0 aliphatic heterocycles. The molecule has 3 heterocycles. The van der Waals surface area contributed by atoms with E-state index in [1.807, 2.05) is 51.7 Å². The maximum atomic E-state index is 13.8. The molecule has 184 valence electrons. The Morgan fingerprint density at radius 1 is 1.14 bits per heavy atom. The lowest BCUT2D eigenvalue weighted by atomic mass is 9.93. The molecule has 0 amide bonds. The zero-order valence-electron chi connectivity index (χ0n) is 20.7. The van der Waals surface area contributed by atoms with Gasteiger partial charge in [0, 0.05) is 55.6 Å². The lowest BCUT2D eigenvalue weighted by Gasteiger charge is -2.30. The average molecular weight is 478 g/mol. The summed E-state index contributed by atoms with van der Waals surface area (Å²) in [5, 5.41) is 13.5. The van der Waals surface area contributed by atoms with E-state index in [4.69, 9.17) is 9.84 Å². The monoisotopic (exact) mass is 477 g/mol. The molecular weight excluding hydrogens is 445 g/mol. The van der Waals surface area contributed by atoms with Crippen LogP contribution in [-0.4, -0.2) is 56.7 Å². The zero-order valence-corrected chi connectivity index (χ0v) is 20.7. The van der Waals surface area contributed by atoms with Gasteiger partial charge in [0.15, 0.2) is 0 Å². The van der Waals surface area contributed by atoms with E-state index in [1.165, 1.54) is 6.07 Å². The molecule has 1 fully saturated rings. The largest absolute Gasteiger partial charge is 0.490 e. The Bertz CT molecular complexity index is 1320. The molecule has 1 N–H and O–H groups in total. The number of benzene rings is 1. The Morgan fingerprint density at radius 2 is 1.94 bits per heavy atom. The molecule has 3 aromatic heterocycles. The van der Waals surface area contributed by atoms with Crippen LogP contribution in [-0.2, 0) is 13.6 Å². The van der Waals surface area contributed by atoms with Crippen molar-refractivity contribution in [1.82, 2.24) is 29.4 Å². The second-order valence-corrected chi connectivity index (χ2v) is 9.57. The van der Waals surface area contributed by atoms with Gasteiger partial charge in [0.1, 0.15) is 23.1 Å². The van der Waals surface area contributed by atoms with E-state index in [0.717, 1.165) is 65.0 Å². The van der Waals surface area contributed by atoms with Gasteiger partial charge in [-0.05, 0) is 58.0 Å². The number of pyridine rings is 1. The molecule has 0 unspecified atom stereocenters. The van der Waals surface area contributed by atoms with Crippen LogP contribution in [0.25, 0.3) is 22.2 Å². The van der Waals surface area contributed by atoms with E-state index < -0.39 is 0 Å². The second-order valence-electron chi connectivity index (χ2n) is 9.57. The van der Waals surface area contributed by atoms with E-state index in [9.17, 15) is 4.39 Å². The zero-order chi connectivity index (χ0) is 24.5. The van der Waals surface area contributed by atoms with Gasteiger partial charge in [-0.2, -0.15) is 10.2 Å². The van der Waals surface area contributed by atoms with Crippen molar-refractivity contribution in [3.8, 4) is 17.0 Å². The van der Waals surface area contributed by atoms with Crippen molar-refractivity contribution in [3.05, 3.63) is 54.2 Å². The van der Waals surface area contributed by atoms with Gasteiger partial charge in [-0.15, -0.1) is 0 Å². The lowest BCUT2D eigenvalue weighted by molar-refractivity contribution is 0.129. The van der Waals surface area contributed by atoms with Crippen molar-refractivity contribution >= 4 is 16.7 Å². The summed E-state index contributed by atoms with van der Waals surface area (Å²) < 4.78 is 24.1. The van der Waals surface area contributed by atoms with Gasteiger partial charge >= 0.3 is 0 Å². The summed E-state index contributed by atoms with van der Waals surface area (Å²) in [6.45, 7) is 0.640. The predicted molar refractivity (Wildman–Crippen MR) is 135 cm³/mol. The van der Waals surface area contributed by atoms with Crippen LogP contribution < -0.4 is 10.1 Å². The standard InChI is InChI=1S/C26H32FN7O/c1-28-25-12-23-22(14-29-25)26(18-13-30-33(4)16-18)31-34(23)20-6-8-21(9-7-20)35-24-10-5-19(27)11-17(24)15-32(2)3/h5,10-14,16,20-21H,6-9,15H2,1-4H3,(H,28,29). The van der Waals surface area contributed by atoms with Gasteiger partial charge in [0.25, 0.3) is 0 Å². The van der Waals surface area contributed by atoms with E-state index in [0.29, 0.717) is 6.54 Å². The number of nitrogens with one attached hydrogen (secondary N) is 1. The number of ether oxygens (including phenoxy) is 1. The SMILES string of the molecule is CNc1cc2c(cn1)c(-c1cnn(C)c1)nn2C1CCC(Oc2ccc(F)cc2CN(C)C)CC1. The number of hydrogen-bond acceptors (Lipinski definition) is 6. The summed E-state index contributed by atoms with van der Waals surface area (Å²) in [6.07, 6.45) is 9.56. The number of hydrogen-bond donors (Lipinski definition) is 1. The molecule has 0 bridgehead atoms. The molecule has 1 aromatic carbocycles. The Hall–Kier alpha value is -3.46. The fourth-order valence-corrected chi connectivity index (χ4v) is 4.92. The maximum Gasteiger partial charge on any atom is 0.127 e. The molecule has 1 aliphatic rings. The Kier molecular flexibility index (Phi) is 6.42. The second kappa shape index (κ2) is 9.65. The minimum Gasteiger partial charge on any atom is -0.490 e. The summed E-state index contributed by atoms with van der Waals surface area (Å²) in [7, 11) is 7.73. The summed E-state index contributed by atoms with van der Waals surface area (Å²) in [5.74, 6) is 1.36. The van der Waals surface area contributed by atoms with Crippen molar-refractivity contribution < 1.29 is 9.13 Å². The molecule has 9 heteroatoms. The lowest BCUT2D eigenvalue weighted by Crippen LogP contribution is -2.27. The fourth-order valence-electron chi connectivity index (χ4n) is 4.92. The fraction of sp³-hybridized carbons (Fsp3) is 0.423. The molecule has 0 radical (unpaired) electrons. The highest BCUT2D eigenvalue weighted by Crippen LogP contribution is 2.37. The van der Waals surface area contributed by atoms with Crippen molar-refractivity contribution in [1.29, 1.82) is 0 Å². The van der Waals surface area contributed by atoms with Crippen LogP contribution in [0.2, 0.25) is 0 Å². The van der Waals surface area contributed by atoms with E-state index in [1.54, 1.807) is 16.8 Å². The van der Waals surface area contributed by atoms with Crippen LogP contribution in [0, 0.1) is 5.82 Å². The first-order chi connectivity index (χ1) is 16.9. The third-order valence-electron chi connectivity index (χ3n) is 6.62. The Morgan fingerprint density at radius 3 is 2.63 bits per heavy atom. The highest BCUT2D eigenvalue weighted by atomic mass is 19.1. The predicted octanol–water partition coefficient (Wildman–Crippen LogP) is 4.64. The Balaban J connectivity index is 1.37. The van der Waals surface area contributed by atoms with Gasteiger partial charge < -0.3 is 15.0 Å². The van der Waals surface area contributed by atoms with Crippen LogP contribution in [0.1, 0.15) is 37.3 Å². The van der Waals surface area contributed by atoms with Crippen LogP contribution in [0.3, 0.4) is 0 Å². The molecule has 5 rings (SSSR count). The number of halogens is 1. The third-order valence-corrected chi connectivity index (χ3v) is 6.62. The van der Waals surface area contributed by atoms with E-state index in [-0.39, 0.29) is 18.0 Å². The number of nitrogens with zero attached hydrogens (tertiary/aromatic N) is 6. The van der Waals surface area contributed by atoms with Crippen LogP contribution in [0.15, 0.2) is 42.9 Å². The quantitative estimate of drug-likeness (QED) is 0.418. The minimum atomic E-state index is -0.233. The van der Waals surface area contributed by atoms with E-state index >= 15 is 0 Å². The van der Waals surface area contributed by atoms with Gasteiger partial charge in [0.05, 0.1) is 23.9 Å². The molecule has 0 spiro atoms. The third kappa shape index (κ3) is 4.86. The van der Waals surface area contributed by atoms with Crippen molar-refractivity contribution in [3.63, 3.8) is 0 Å².